The normalized spacial score (nSPS) is 16.2. The van der Waals surface area contributed by atoms with Gasteiger partial charge >= 0.3 is 0 Å². The highest BCUT2D eigenvalue weighted by atomic mass is 16.5. The Kier molecular flexibility index (Phi) is 5.33. The van der Waals surface area contributed by atoms with Crippen molar-refractivity contribution in [3.63, 3.8) is 0 Å². The van der Waals surface area contributed by atoms with E-state index < -0.39 is 11.8 Å². The van der Waals surface area contributed by atoms with Crippen molar-refractivity contribution in [3.8, 4) is 11.8 Å². The monoisotopic (exact) mass is 348 g/mol. The van der Waals surface area contributed by atoms with Gasteiger partial charge in [-0.3, -0.25) is 9.59 Å². The van der Waals surface area contributed by atoms with Gasteiger partial charge in [-0.25, -0.2) is 0 Å². The van der Waals surface area contributed by atoms with Gasteiger partial charge in [0, 0.05) is 12.1 Å². The van der Waals surface area contributed by atoms with Crippen molar-refractivity contribution in [1.82, 2.24) is 0 Å². The minimum Gasteiger partial charge on any atom is -0.497 e. The smallest absolute Gasteiger partial charge is 0.249 e. The molecule has 1 N–H and O–H groups in total. The van der Waals surface area contributed by atoms with Crippen molar-refractivity contribution in [2.75, 3.05) is 12.4 Å². The quantitative estimate of drug-likeness (QED) is 0.811. The number of nitrogens with zero attached hydrogens (tertiary/aromatic N) is 1. The van der Waals surface area contributed by atoms with Crippen LogP contribution >= 0.6 is 0 Å². The number of nitriles is 1. The number of rotatable bonds is 6. The van der Waals surface area contributed by atoms with Crippen LogP contribution in [0.1, 0.15) is 29.9 Å². The van der Waals surface area contributed by atoms with Crippen LogP contribution in [0, 0.1) is 17.2 Å². The summed E-state index contributed by atoms with van der Waals surface area (Å²) in [7, 11) is 1.55. The fourth-order valence-electron chi connectivity index (χ4n) is 3.38. The minimum absolute atomic E-state index is 0.0864. The van der Waals surface area contributed by atoms with Crippen LogP contribution in [0.25, 0.3) is 0 Å². The summed E-state index contributed by atoms with van der Waals surface area (Å²) in [5.41, 5.74) is 2.93. The Morgan fingerprint density at radius 1 is 1.23 bits per heavy atom. The van der Waals surface area contributed by atoms with E-state index in [1.54, 1.807) is 31.4 Å². The molecule has 2 atom stereocenters. The summed E-state index contributed by atoms with van der Waals surface area (Å²) >= 11 is 0. The number of carbonyl (C=O) groups excluding carboxylic acids is 2. The SMILES string of the molecule is COc1ccc(NC(=O)C(C#N)C(=O)CC2CCc3ccccc32)cc1. The van der Waals surface area contributed by atoms with Crippen LogP contribution in [-0.2, 0) is 16.0 Å². The molecule has 3 rings (SSSR count). The predicted molar refractivity (Wildman–Crippen MR) is 97.9 cm³/mol. The van der Waals surface area contributed by atoms with Crippen LogP contribution < -0.4 is 10.1 Å². The maximum atomic E-state index is 12.6. The zero-order valence-electron chi connectivity index (χ0n) is 14.6. The molecule has 0 aliphatic heterocycles. The lowest BCUT2D eigenvalue weighted by molar-refractivity contribution is -0.129. The Morgan fingerprint density at radius 3 is 2.65 bits per heavy atom. The summed E-state index contributed by atoms with van der Waals surface area (Å²) < 4.78 is 5.06. The first kappa shape index (κ1) is 17.7. The number of ether oxygens (including phenoxy) is 1. The molecule has 26 heavy (non-hydrogen) atoms. The van der Waals surface area contributed by atoms with Gasteiger partial charge in [-0.15, -0.1) is 0 Å². The molecule has 0 fully saturated rings. The summed E-state index contributed by atoms with van der Waals surface area (Å²) in [5.74, 6) is -1.47. The summed E-state index contributed by atoms with van der Waals surface area (Å²) in [5, 5.41) is 12.0. The van der Waals surface area contributed by atoms with Crippen LogP contribution in [0.2, 0.25) is 0 Å². The van der Waals surface area contributed by atoms with Gasteiger partial charge in [0.25, 0.3) is 0 Å². The Balaban J connectivity index is 1.65. The van der Waals surface area contributed by atoms with Gasteiger partial charge in [-0.2, -0.15) is 5.26 Å². The number of methoxy groups -OCH3 is 1. The first-order chi connectivity index (χ1) is 12.6. The molecule has 0 saturated heterocycles. The van der Waals surface area contributed by atoms with Crippen molar-refractivity contribution < 1.29 is 14.3 Å². The Hall–Kier alpha value is -3.13. The molecule has 5 nitrogen and oxygen atoms in total. The number of anilines is 1. The number of ketones is 1. The first-order valence-corrected chi connectivity index (χ1v) is 8.57. The van der Waals surface area contributed by atoms with Crippen molar-refractivity contribution in [1.29, 1.82) is 5.26 Å². The standard InChI is InChI=1S/C21H20N2O3/c1-26-17-10-8-16(9-11-17)23-21(25)19(13-22)20(24)12-15-7-6-14-4-2-3-5-18(14)15/h2-5,8-11,15,19H,6-7,12H2,1H3,(H,23,25). The fraction of sp³-hybridized carbons (Fsp3) is 0.286. The molecule has 0 heterocycles. The Bertz CT molecular complexity index is 852. The topological polar surface area (TPSA) is 79.2 Å². The van der Waals surface area contributed by atoms with Crippen LogP contribution in [0.4, 0.5) is 5.69 Å². The molecule has 1 amide bonds. The summed E-state index contributed by atoms with van der Waals surface area (Å²) in [6.07, 6.45) is 2.03. The highest BCUT2D eigenvalue weighted by Crippen LogP contribution is 2.36. The van der Waals surface area contributed by atoms with E-state index in [9.17, 15) is 14.9 Å². The molecule has 132 valence electrons. The average molecular weight is 348 g/mol. The van der Waals surface area contributed by atoms with Crippen LogP contribution in [0.15, 0.2) is 48.5 Å². The van der Waals surface area contributed by atoms with E-state index in [1.807, 2.05) is 24.3 Å². The van der Waals surface area contributed by atoms with Gasteiger partial charge in [0.1, 0.15) is 5.75 Å². The minimum atomic E-state index is -1.30. The van der Waals surface area contributed by atoms with Crippen molar-refractivity contribution >= 4 is 17.4 Å². The predicted octanol–water partition coefficient (Wildman–Crippen LogP) is 3.46. The van der Waals surface area contributed by atoms with Crippen LogP contribution in [0.3, 0.4) is 0 Å². The molecule has 1 aliphatic rings. The maximum absolute atomic E-state index is 12.6. The second-order valence-electron chi connectivity index (χ2n) is 6.38. The number of aryl methyl sites for hydroxylation is 1. The third-order valence-electron chi connectivity index (χ3n) is 4.78. The highest BCUT2D eigenvalue weighted by Gasteiger charge is 2.31. The zero-order chi connectivity index (χ0) is 18.5. The van der Waals surface area contributed by atoms with Gasteiger partial charge in [-0.05, 0) is 54.2 Å². The molecular weight excluding hydrogens is 328 g/mol. The van der Waals surface area contributed by atoms with Crippen molar-refractivity contribution in [3.05, 3.63) is 59.7 Å². The molecule has 0 radical (unpaired) electrons. The number of hydrogen-bond acceptors (Lipinski definition) is 4. The van der Waals surface area contributed by atoms with Crippen LogP contribution in [0.5, 0.6) is 5.75 Å². The van der Waals surface area contributed by atoms with E-state index in [0.717, 1.165) is 18.4 Å². The summed E-state index contributed by atoms with van der Waals surface area (Å²) in [4.78, 5) is 24.9. The van der Waals surface area contributed by atoms with E-state index in [4.69, 9.17) is 4.74 Å². The number of Topliss-reactive ketones (excluding diaryl/α,β-unsaturated/α-hetero) is 1. The van der Waals surface area contributed by atoms with E-state index in [2.05, 4.69) is 11.4 Å². The van der Waals surface area contributed by atoms with Gasteiger partial charge < -0.3 is 10.1 Å². The summed E-state index contributed by atoms with van der Waals surface area (Å²) in [6, 6.07) is 16.6. The fourth-order valence-corrected chi connectivity index (χ4v) is 3.38. The first-order valence-electron chi connectivity index (χ1n) is 8.57. The summed E-state index contributed by atoms with van der Waals surface area (Å²) in [6.45, 7) is 0. The lowest BCUT2D eigenvalue weighted by Gasteiger charge is -2.14. The molecule has 2 unspecified atom stereocenters. The lowest BCUT2D eigenvalue weighted by Crippen LogP contribution is -2.29. The molecule has 5 heteroatoms. The highest BCUT2D eigenvalue weighted by molar-refractivity contribution is 6.09. The second-order valence-corrected chi connectivity index (χ2v) is 6.38. The third-order valence-corrected chi connectivity index (χ3v) is 4.78. The van der Waals surface area contributed by atoms with Gasteiger partial charge in [-0.1, -0.05) is 24.3 Å². The van der Waals surface area contributed by atoms with Crippen LogP contribution in [-0.4, -0.2) is 18.8 Å². The molecule has 0 spiro atoms. The third kappa shape index (κ3) is 3.75. The van der Waals surface area contributed by atoms with E-state index in [0.29, 0.717) is 11.4 Å². The molecule has 2 aromatic rings. The average Bonchev–Trinajstić information content (AvgIpc) is 3.06. The molecular formula is C21H20N2O3. The Labute approximate surface area is 152 Å². The number of amides is 1. The zero-order valence-corrected chi connectivity index (χ0v) is 14.6. The molecule has 1 aliphatic carbocycles. The largest absolute Gasteiger partial charge is 0.497 e. The van der Waals surface area contributed by atoms with Gasteiger partial charge in [0.05, 0.1) is 13.2 Å². The maximum Gasteiger partial charge on any atom is 0.249 e. The van der Waals surface area contributed by atoms with E-state index in [1.165, 1.54) is 5.56 Å². The second kappa shape index (κ2) is 7.83. The lowest BCUT2D eigenvalue weighted by atomic mass is 9.90. The molecule has 0 bridgehead atoms. The number of carbonyl (C=O) groups is 2. The molecule has 0 saturated carbocycles. The number of hydrogen-bond donors (Lipinski definition) is 1. The molecule has 2 aromatic carbocycles. The van der Waals surface area contributed by atoms with Gasteiger partial charge in [0.15, 0.2) is 11.7 Å². The van der Waals surface area contributed by atoms with Gasteiger partial charge in [0.2, 0.25) is 5.91 Å². The number of benzene rings is 2. The van der Waals surface area contributed by atoms with E-state index >= 15 is 0 Å². The molecule has 0 aromatic heterocycles. The number of fused-ring (bicyclic) bond motifs is 1. The Morgan fingerprint density at radius 2 is 1.96 bits per heavy atom. The number of nitrogens with one attached hydrogen (secondary N) is 1. The van der Waals surface area contributed by atoms with E-state index in [-0.39, 0.29) is 18.1 Å². The van der Waals surface area contributed by atoms with Crippen molar-refractivity contribution in [2.45, 2.75) is 25.2 Å². The van der Waals surface area contributed by atoms with Crippen molar-refractivity contribution in [2.24, 2.45) is 5.92 Å².